The van der Waals surface area contributed by atoms with Crippen molar-refractivity contribution in [3.05, 3.63) is 63.9 Å². The van der Waals surface area contributed by atoms with Gasteiger partial charge in [0, 0.05) is 24.9 Å². The fraction of sp³-hybridized carbons (Fsp3) is 0.250. The number of nitrogens with one attached hydrogen (secondary N) is 1. The van der Waals surface area contributed by atoms with Crippen LogP contribution >= 0.6 is 11.8 Å². The molecule has 26 heavy (non-hydrogen) atoms. The maximum absolute atomic E-state index is 12.4. The van der Waals surface area contributed by atoms with E-state index in [9.17, 15) is 9.59 Å². The molecule has 0 aliphatic carbocycles. The number of carbonyl (C=O) groups excluding carboxylic acids is 1. The van der Waals surface area contributed by atoms with Crippen LogP contribution in [0.3, 0.4) is 0 Å². The van der Waals surface area contributed by atoms with Crippen LogP contribution in [0.4, 0.5) is 5.69 Å². The maximum Gasteiger partial charge on any atom is 0.261 e. The van der Waals surface area contributed by atoms with Crippen molar-refractivity contribution in [3.63, 3.8) is 0 Å². The molecule has 0 radical (unpaired) electrons. The van der Waals surface area contributed by atoms with Gasteiger partial charge in [-0.3, -0.25) is 14.2 Å². The molecule has 0 aliphatic rings. The van der Waals surface area contributed by atoms with E-state index in [0.29, 0.717) is 28.2 Å². The Hall–Kier alpha value is -2.60. The first kappa shape index (κ1) is 18.2. The number of amides is 1. The van der Waals surface area contributed by atoms with Crippen LogP contribution in [0.15, 0.2) is 52.4 Å². The monoisotopic (exact) mass is 367 g/mol. The van der Waals surface area contributed by atoms with Crippen molar-refractivity contribution in [1.29, 1.82) is 0 Å². The van der Waals surface area contributed by atoms with Crippen LogP contribution in [-0.4, -0.2) is 21.2 Å². The standard InChI is InChI=1S/C20H21N3O2S/c1-13-8-9-16(14(2)12-13)21-18(24)10-11-26-20-22-17-7-5-4-6-15(17)19(25)23(20)3/h4-9,12H,10-11H2,1-3H3,(H,21,24). The Morgan fingerprint density at radius 1 is 1.19 bits per heavy atom. The Morgan fingerprint density at radius 3 is 2.73 bits per heavy atom. The second-order valence-corrected chi connectivity index (χ2v) is 7.30. The summed E-state index contributed by atoms with van der Waals surface area (Å²) < 4.78 is 1.54. The van der Waals surface area contributed by atoms with Crippen LogP contribution in [0.5, 0.6) is 0 Å². The number of aromatic nitrogens is 2. The van der Waals surface area contributed by atoms with Crippen molar-refractivity contribution >= 4 is 34.3 Å². The van der Waals surface area contributed by atoms with E-state index in [1.165, 1.54) is 21.9 Å². The number of nitrogens with zero attached hydrogens (tertiary/aromatic N) is 2. The van der Waals surface area contributed by atoms with Gasteiger partial charge in [-0.05, 0) is 37.6 Å². The SMILES string of the molecule is Cc1ccc(NC(=O)CCSc2nc3ccccc3c(=O)n2C)c(C)c1. The van der Waals surface area contributed by atoms with Crippen LogP contribution in [0.2, 0.25) is 0 Å². The normalized spacial score (nSPS) is 10.9. The summed E-state index contributed by atoms with van der Waals surface area (Å²) in [5, 5.41) is 4.16. The summed E-state index contributed by atoms with van der Waals surface area (Å²) in [5.74, 6) is 0.505. The van der Waals surface area contributed by atoms with E-state index in [1.54, 1.807) is 13.1 Å². The minimum absolute atomic E-state index is 0.0461. The number of rotatable bonds is 5. The molecule has 0 saturated heterocycles. The minimum Gasteiger partial charge on any atom is -0.326 e. The number of hydrogen-bond donors (Lipinski definition) is 1. The van der Waals surface area contributed by atoms with Crippen LogP contribution < -0.4 is 10.9 Å². The summed E-state index contributed by atoms with van der Waals surface area (Å²) in [4.78, 5) is 29.1. The first-order valence-electron chi connectivity index (χ1n) is 8.41. The third kappa shape index (κ3) is 3.96. The van der Waals surface area contributed by atoms with E-state index in [-0.39, 0.29) is 11.5 Å². The molecule has 0 bridgehead atoms. The molecule has 6 heteroatoms. The summed E-state index contributed by atoms with van der Waals surface area (Å²) >= 11 is 1.41. The second kappa shape index (κ2) is 7.74. The van der Waals surface area contributed by atoms with Gasteiger partial charge in [0.15, 0.2) is 5.16 Å². The number of hydrogen-bond acceptors (Lipinski definition) is 4. The number of benzene rings is 2. The Balaban J connectivity index is 1.64. The van der Waals surface area contributed by atoms with E-state index in [1.807, 2.05) is 50.2 Å². The predicted octanol–water partition coefficient (Wildman–Crippen LogP) is 3.67. The average molecular weight is 367 g/mol. The summed E-state index contributed by atoms with van der Waals surface area (Å²) in [6.07, 6.45) is 0.348. The van der Waals surface area contributed by atoms with Gasteiger partial charge in [0.2, 0.25) is 5.91 Å². The number of thioether (sulfide) groups is 1. The molecule has 1 N–H and O–H groups in total. The Morgan fingerprint density at radius 2 is 1.96 bits per heavy atom. The van der Waals surface area contributed by atoms with Gasteiger partial charge in [0.25, 0.3) is 5.56 Å². The molecule has 1 aromatic heterocycles. The van der Waals surface area contributed by atoms with Crippen LogP contribution in [0.1, 0.15) is 17.5 Å². The highest BCUT2D eigenvalue weighted by molar-refractivity contribution is 7.99. The van der Waals surface area contributed by atoms with Crippen molar-refractivity contribution in [3.8, 4) is 0 Å². The fourth-order valence-corrected chi connectivity index (χ4v) is 3.64. The van der Waals surface area contributed by atoms with E-state index in [4.69, 9.17) is 0 Å². The first-order valence-corrected chi connectivity index (χ1v) is 9.40. The third-order valence-corrected chi connectivity index (χ3v) is 5.19. The number of para-hydroxylation sites is 1. The van der Waals surface area contributed by atoms with Crippen LogP contribution in [-0.2, 0) is 11.8 Å². The van der Waals surface area contributed by atoms with Gasteiger partial charge in [-0.1, -0.05) is 41.6 Å². The molecule has 134 valence electrons. The highest BCUT2D eigenvalue weighted by Gasteiger charge is 2.10. The smallest absolute Gasteiger partial charge is 0.261 e. The summed E-state index contributed by atoms with van der Waals surface area (Å²) in [7, 11) is 1.71. The molecule has 1 amide bonds. The number of aryl methyl sites for hydroxylation is 2. The van der Waals surface area contributed by atoms with E-state index >= 15 is 0 Å². The Labute approximate surface area is 156 Å². The van der Waals surface area contributed by atoms with Gasteiger partial charge < -0.3 is 5.32 Å². The van der Waals surface area contributed by atoms with Crippen molar-refractivity contribution in [2.45, 2.75) is 25.4 Å². The second-order valence-electron chi connectivity index (χ2n) is 6.24. The molecule has 0 aliphatic heterocycles. The predicted molar refractivity (Wildman–Crippen MR) is 107 cm³/mol. The maximum atomic E-state index is 12.4. The molecular formula is C20H21N3O2S. The van der Waals surface area contributed by atoms with E-state index in [2.05, 4.69) is 10.3 Å². The number of fused-ring (bicyclic) bond motifs is 1. The van der Waals surface area contributed by atoms with E-state index in [0.717, 1.165) is 11.3 Å². The third-order valence-electron chi connectivity index (χ3n) is 4.16. The highest BCUT2D eigenvalue weighted by atomic mass is 32.2. The highest BCUT2D eigenvalue weighted by Crippen LogP contribution is 2.19. The lowest BCUT2D eigenvalue weighted by Gasteiger charge is -2.10. The molecular weight excluding hydrogens is 346 g/mol. The summed E-state index contributed by atoms with van der Waals surface area (Å²) in [6.45, 7) is 4.00. The molecule has 0 atom stereocenters. The van der Waals surface area contributed by atoms with Gasteiger partial charge >= 0.3 is 0 Å². The van der Waals surface area contributed by atoms with Crippen LogP contribution in [0.25, 0.3) is 10.9 Å². The molecule has 0 fully saturated rings. The molecule has 1 heterocycles. The minimum atomic E-state index is -0.0715. The molecule has 3 rings (SSSR count). The quantitative estimate of drug-likeness (QED) is 0.552. The molecule has 2 aromatic carbocycles. The van der Waals surface area contributed by atoms with Crippen molar-refractivity contribution in [2.24, 2.45) is 7.05 Å². The molecule has 3 aromatic rings. The van der Waals surface area contributed by atoms with Crippen LogP contribution in [0, 0.1) is 13.8 Å². The molecule has 0 saturated carbocycles. The van der Waals surface area contributed by atoms with Gasteiger partial charge in [0.1, 0.15) is 0 Å². The number of carbonyl (C=O) groups is 1. The molecule has 0 spiro atoms. The van der Waals surface area contributed by atoms with E-state index < -0.39 is 0 Å². The van der Waals surface area contributed by atoms with Gasteiger partial charge in [-0.25, -0.2) is 4.98 Å². The largest absolute Gasteiger partial charge is 0.326 e. The van der Waals surface area contributed by atoms with Gasteiger partial charge in [-0.2, -0.15) is 0 Å². The lowest BCUT2D eigenvalue weighted by Crippen LogP contribution is -2.20. The van der Waals surface area contributed by atoms with Crippen molar-refractivity contribution < 1.29 is 4.79 Å². The average Bonchev–Trinajstić information content (AvgIpc) is 2.61. The summed E-state index contributed by atoms with van der Waals surface area (Å²) in [6, 6.07) is 13.2. The lowest BCUT2D eigenvalue weighted by molar-refractivity contribution is -0.115. The topological polar surface area (TPSA) is 64.0 Å². The van der Waals surface area contributed by atoms with Gasteiger partial charge in [-0.15, -0.1) is 0 Å². The Kier molecular flexibility index (Phi) is 5.42. The van der Waals surface area contributed by atoms with Crippen molar-refractivity contribution in [1.82, 2.24) is 9.55 Å². The van der Waals surface area contributed by atoms with Gasteiger partial charge in [0.05, 0.1) is 10.9 Å². The zero-order valence-corrected chi connectivity index (χ0v) is 15.9. The fourth-order valence-electron chi connectivity index (χ4n) is 2.73. The number of anilines is 1. The first-order chi connectivity index (χ1) is 12.5. The summed E-state index contributed by atoms with van der Waals surface area (Å²) in [5.41, 5.74) is 3.65. The van der Waals surface area contributed by atoms with Crippen molar-refractivity contribution in [2.75, 3.05) is 11.1 Å². The zero-order chi connectivity index (χ0) is 18.7. The molecule has 5 nitrogen and oxygen atoms in total. The lowest BCUT2D eigenvalue weighted by atomic mass is 10.1. The Bertz CT molecular complexity index is 1030. The zero-order valence-electron chi connectivity index (χ0n) is 15.1. The molecule has 0 unspecified atom stereocenters.